The van der Waals surface area contributed by atoms with Gasteiger partial charge in [0.2, 0.25) is 0 Å². The van der Waals surface area contributed by atoms with Crippen LogP contribution in [0.25, 0.3) is 0 Å². The van der Waals surface area contributed by atoms with E-state index in [1.165, 1.54) is 19.3 Å². The summed E-state index contributed by atoms with van der Waals surface area (Å²) in [6.07, 6.45) is 0.851. The second-order valence-electron chi connectivity index (χ2n) is 5.34. The van der Waals surface area contributed by atoms with E-state index in [-0.39, 0.29) is 0 Å². The number of aliphatic hydroxyl groups excluding tert-OH is 4. The smallest absolute Gasteiger partial charge is 0.186 e. The fourth-order valence-corrected chi connectivity index (χ4v) is 2.29. The molecule has 1 aliphatic heterocycles. The van der Waals surface area contributed by atoms with Crippen molar-refractivity contribution < 1.29 is 29.9 Å². The van der Waals surface area contributed by atoms with Crippen molar-refractivity contribution >= 4 is 0 Å². The average Bonchev–Trinajstić information content (AvgIpc) is 2.46. The zero-order chi connectivity index (χ0) is 15.0. The molecule has 1 heterocycles. The van der Waals surface area contributed by atoms with Gasteiger partial charge in [-0.25, -0.2) is 0 Å². The van der Waals surface area contributed by atoms with Crippen molar-refractivity contribution in [1.82, 2.24) is 0 Å². The Bertz CT molecular complexity index is 248. The molecule has 0 aromatic rings. The van der Waals surface area contributed by atoms with Crippen LogP contribution in [-0.2, 0) is 9.47 Å². The van der Waals surface area contributed by atoms with E-state index in [9.17, 15) is 15.3 Å². The van der Waals surface area contributed by atoms with Gasteiger partial charge in [-0.15, -0.1) is 0 Å². The molecule has 120 valence electrons. The largest absolute Gasteiger partial charge is 0.394 e. The zero-order valence-electron chi connectivity index (χ0n) is 12.1. The highest BCUT2D eigenvalue weighted by molar-refractivity contribution is 4.88. The first-order valence-corrected chi connectivity index (χ1v) is 7.54. The molecule has 0 bridgehead atoms. The lowest BCUT2D eigenvalue weighted by atomic mass is 9.99. The van der Waals surface area contributed by atoms with E-state index >= 15 is 0 Å². The van der Waals surface area contributed by atoms with Crippen molar-refractivity contribution in [2.24, 2.45) is 0 Å². The monoisotopic (exact) mass is 292 g/mol. The maximum Gasteiger partial charge on any atom is 0.186 e. The Morgan fingerprint density at radius 1 is 0.900 bits per heavy atom. The van der Waals surface area contributed by atoms with E-state index in [4.69, 9.17) is 14.6 Å². The third kappa shape index (κ3) is 5.27. The maximum absolute atomic E-state index is 9.75. The molecule has 0 saturated carbocycles. The fourth-order valence-electron chi connectivity index (χ4n) is 2.29. The summed E-state index contributed by atoms with van der Waals surface area (Å²) in [4.78, 5) is 0. The minimum atomic E-state index is -1.37. The molecule has 0 aromatic heterocycles. The molecular weight excluding hydrogens is 264 g/mol. The molecule has 1 aliphatic rings. The number of hydrogen-bond acceptors (Lipinski definition) is 6. The lowest BCUT2D eigenvalue weighted by molar-refractivity contribution is -0.301. The van der Waals surface area contributed by atoms with Gasteiger partial charge in [0, 0.05) is 6.61 Å². The molecule has 1 saturated heterocycles. The van der Waals surface area contributed by atoms with Crippen molar-refractivity contribution in [3.05, 3.63) is 0 Å². The number of hydrogen-bond donors (Lipinski definition) is 4. The third-order valence-corrected chi connectivity index (χ3v) is 3.63. The molecule has 0 aromatic carbocycles. The average molecular weight is 292 g/mol. The van der Waals surface area contributed by atoms with Gasteiger partial charge in [-0.05, 0) is 6.42 Å². The molecule has 20 heavy (non-hydrogen) atoms. The number of unbranched alkanes of at least 4 members (excludes halogenated alkanes) is 5. The summed E-state index contributed by atoms with van der Waals surface area (Å²) in [5, 5.41) is 38.0. The highest BCUT2D eigenvalue weighted by Crippen LogP contribution is 2.22. The van der Waals surface area contributed by atoms with Crippen LogP contribution in [0.4, 0.5) is 0 Å². The summed E-state index contributed by atoms with van der Waals surface area (Å²) in [6.45, 7) is 2.17. The second kappa shape index (κ2) is 9.65. The summed E-state index contributed by atoms with van der Waals surface area (Å²) in [7, 11) is 0. The standard InChI is InChI=1S/C14H28O6/c1-2-3-4-5-6-7-8-19-14-13(18)12(17)11(16)10(9-15)20-14/h10-18H,2-9H2,1H3/t10-,11-,12-,13+,14+/m0/s1. The topological polar surface area (TPSA) is 99.4 Å². The Morgan fingerprint density at radius 2 is 1.55 bits per heavy atom. The van der Waals surface area contributed by atoms with Gasteiger partial charge >= 0.3 is 0 Å². The SMILES string of the molecule is CCCCCCCCO[C@@H]1O[C@@H](CO)[C@H](O)[C@H](O)[C@H]1O. The van der Waals surface area contributed by atoms with Gasteiger partial charge < -0.3 is 29.9 Å². The maximum atomic E-state index is 9.75. The highest BCUT2D eigenvalue weighted by atomic mass is 16.7. The Labute approximate surface area is 120 Å². The minimum absolute atomic E-state index is 0.425. The number of ether oxygens (including phenoxy) is 2. The lowest BCUT2D eigenvalue weighted by Crippen LogP contribution is -2.59. The molecule has 0 radical (unpaired) electrons. The van der Waals surface area contributed by atoms with Gasteiger partial charge in [0.1, 0.15) is 24.4 Å². The molecule has 0 aliphatic carbocycles. The van der Waals surface area contributed by atoms with Crippen LogP contribution in [-0.4, -0.2) is 64.3 Å². The molecule has 0 amide bonds. The van der Waals surface area contributed by atoms with Crippen LogP contribution in [0.3, 0.4) is 0 Å². The van der Waals surface area contributed by atoms with Gasteiger partial charge in [0.05, 0.1) is 6.61 Å². The van der Waals surface area contributed by atoms with Crippen molar-refractivity contribution in [2.45, 2.75) is 76.2 Å². The Kier molecular flexibility index (Phi) is 8.60. The van der Waals surface area contributed by atoms with Crippen molar-refractivity contribution in [3.8, 4) is 0 Å². The van der Waals surface area contributed by atoms with E-state index < -0.39 is 37.3 Å². The lowest BCUT2D eigenvalue weighted by Gasteiger charge is -2.39. The molecule has 4 N–H and O–H groups in total. The molecule has 0 spiro atoms. The summed E-state index contributed by atoms with van der Waals surface area (Å²) in [5.74, 6) is 0. The summed E-state index contributed by atoms with van der Waals surface area (Å²) < 4.78 is 10.6. The molecule has 5 atom stereocenters. The molecular formula is C14H28O6. The zero-order valence-corrected chi connectivity index (χ0v) is 12.1. The third-order valence-electron chi connectivity index (χ3n) is 3.63. The normalized spacial score (nSPS) is 34.4. The molecule has 1 fully saturated rings. The van der Waals surface area contributed by atoms with Gasteiger partial charge in [0.25, 0.3) is 0 Å². The Hall–Kier alpha value is -0.240. The van der Waals surface area contributed by atoms with Gasteiger partial charge in [0.15, 0.2) is 6.29 Å². The molecule has 6 nitrogen and oxygen atoms in total. The van der Waals surface area contributed by atoms with Crippen molar-refractivity contribution in [1.29, 1.82) is 0 Å². The van der Waals surface area contributed by atoms with E-state index in [2.05, 4.69) is 6.92 Å². The highest BCUT2D eigenvalue weighted by Gasteiger charge is 2.43. The first kappa shape index (κ1) is 17.8. The fraction of sp³-hybridized carbons (Fsp3) is 1.00. The van der Waals surface area contributed by atoms with E-state index in [1.54, 1.807) is 0 Å². The number of aliphatic hydroxyl groups is 4. The van der Waals surface area contributed by atoms with Crippen LogP contribution >= 0.6 is 0 Å². The van der Waals surface area contributed by atoms with Crippen LogP contribution in [0.2, 0.25) is 0 Å². The van der Waals surface area contributed by atoms with Gasteiger partial charge in [-0.3, -0.25) is 0 Å². The summed E-state index contributed by atoms with van der Waals surface area (Å²) >= 11 is 0. The van der Waals surface area contributed by atoms with Crippen LogP contribution < -0.4 is 0 Å². The van der Waals surface area contributed by atoms with E-state index in [0.717, 1.165) is 19.3 Å². The van der Waals surface area contributed by atoms with Crippen molar-refractivity contribution in [2.75, 3.05) is 13.2 Å². The summed E-state index contributed by atoms with van der Waals surface area (Å²) in [6, 6.07) is 0. The van der Waals surface area contributed by atoms with Crippen LogP contribution in [0.1, 0.15) is 45.4 Å². The molecule has 0 unspecified atom stereocenters. The van der Waals surface area contributed by atoms with E-state index in [1.807, 2.05) is 0 Å². The van der Waals surface area contributed by atoms with Crippen molar-refractivity contribution in [3.63, 3.8) is 0 Å². The summed E-state index contributed by atoms with van der Waals surface area (Å²) in [5.41, 5.74) is 0. The predicted octanol–water partition coefficient (Wildman–Crippen LogP) is 0.163. The second-order valence-corrected chi connectivity index (χ2v) is 5.34. The molecule has 1 rings (SSSR count). The predicted molar refractivity (Wildman–Crippen MR) is 73.1 cm³/mol. The molecule has 6 heteroatoms. The van der Waals surface area contributed by atoms with E-state index in [0.29, 0.717) is 6.61 Å². The quantitative estimate of drug-likeness (QED) is 0.452. The Balaban J connectivity index is 2.21. The van der Waals surface area contributed by atoms with Gasteiger partial charge in [-0.2, -0.15) is 0 Å². The number of rotatable bonds is 9. The first-order chi connectivity index (χ1) is 9.61. The van der Waals surface area contributed by atoms with Crippen LogP contribution in [0.5, 0.6) is 0 Å². The first-order valence-electron chi connectivity index (χ1n) is 7.54. The van der Waals surface area contributed by atoms with Crippen LogP contribution in [0, 0.1) is 0 Å². The Morgan fingerprint density at radius 3 is 2.20 bits per heavy atom. The van der Waals surface area contributed by atoms with Gasteiger partial charge in [-0.1, -0.05) is 39.0 Å². The minimum Gasteiger partial charge on any atom is -0.394 e. The van der Waals surface area contributed by atoms with Crippen LogP contribution in [0.15, 0.2) is 0 Å².